The molecule has 0 aromatic carbocycles. The average Bonchev–Trinajstić information content (AvgIpc) is 3.61. The number of nitrogens with two attached hydrogens (primary N) is 3. The van der Waals surface area contributed by atoms with Gasteiger partial charge in [-0.2, -0.15) is 0 Å². The summed E-state index contributed by atoms with van der Waals surface area (Å²) in [7, 11) is 0. The molecule has 4 heterocycles. The zero-order valence-electron chi connectivity index (χ0n) is 21.7. The molecule has 1 saturated heterocycles. The standard InChI is InChI=1S/C23H25N9O7S3/c24-12-3-6-31(26)22(28-12)42-8-10-7-40-18-14(17(34)32(18)15(10)19(35)36)29-16(33)13(11-9-41-21(25)27-11)30-39-23(20(37)38)4-1-2-5-23/h3,6,9,14,18,24H,1-2,4-5,7-8,26H2,(H5,25,27,29,33,35,36,37,38)/b30-13-/t14?,18-/m1/s1. The Morgan fingerprint density at radius 3 is 2.69 bits per heavy atom. The molecular formula is C23H25N9O7S3. The van der Waals surface area contributed by atoms with Crippen LogP contribution in [0.4, 0.5) is 10.9 Å². The van der Waals surface area contributed by atoms with E-state index < -0.39 is 40.8 Å². The summed E-state index contributed by atoms with van der Waals surface area (Å²) in [6, 6.07) is 0.406. The smallest absolute Gasteiger partial charge is 0.384 e. The Balaban J connectivity index is 1.34. The van der Waals surface area contributed by atoms with Crippen LogP contribution in [0.1, 0.15) is 31.4 Å². The summed E-state index contributed by atoms with van der Waals surface area (Å²) in [6.07, 6.45) is 3.18. The van der Waals surface area contributed by atoms with Gasteiger partial charge in [0.15, 0.2) is 10.8 Å². The van der Waals surface area contributed by atoms with Crippen molar-refractivity contribution in [2.75, 3.05) is 28.8 Å². The van der Waals surface area contributed by atoms with Gasteiger partial charge in [0, 0.05) is 35.8 Å². The number of nitrogen functional groups attached to an aromatic ring is 3. The fourth-order valence-corrected chi connectivity index (χ4v) is 7.65. The Kier molecular flexibility index (Phi) is 8.15. The van der Waals surface area contributed by atoms with E-state index in [0.29, 0.717) is 23.6 Å². The molecule has 2 aromatic heterocycles. The first-order chi connectivity index (χ1) is 20.0. The van der Waals surface area contributed by atoms with Crippen LogP contribution in [0.25, 0.3) is 0 Å². The monoisotopic (exact) mass is 635 g/mol. The molecule has 8 N–H and O–H groups in total. The predicted molar refractivity (Wildman–Crippen MR) is 150 cm³/mol. The molecule has 0 spiro atoms. The first-order valence-corrected chi connectivity index (χ1v) is 15.4. The Morgan fingerprint density at radius 1 is 1.31 bits per heavy atom. The minimum absolute atomic E-state index is 0.0374. The maximum Gasteiger partial charge on any atom is 0.384 e. The Labute approximate surface area is 250 Å². The van der Waals surface area contributed by atoms with Crippen molar-refractivity contribution in [2.45, 2.75) is 47.9 Å². The van der Waals surface area contributed by atoms with E-state index in [4.69, 9.17) is 22.1 Å². The Bertz CT molecular complexity index is 1520. The summed E-state index contributed by atoms with van der Waals surface area (Å²) < 4.78 is 1.24. The number of carbonyl (C=O) groups excluding carboxylic acids is 3. The van der Waals surface area contributed by atoms with Crippen LogP contribution in [0, 0.1) is 0 Å². The van der Waals surface area contributed by atoms with Gasteiger partial charge in [0.2, 0.25) is 11.4 Å². The highest BCUT2D eigenvalue weighted by molar-refractivity contribution is 8.01. The highest BCUT2D eigenvalue weighted by Gasteiger charge is 2.53. The lowest BCUT2D eigenvalue weighted by atomic mass is 10.0. The summed E-state index contributed by atoms with van der Waals surface area (Å²) in [5.74, 6) is 2.18. The lowest BCUT2D eigenvalue weighted by Gasteiger charge is -2.50. The number of anilines is 2. The number of nitrogens with zero attached hydrogens (tertiary/aromatic N) is 5. The molecule has 222 valence electrons. The van der Waals surface area contributed by atoms with Crippen LogP contribution in [-0.4, -0.2) is 78.0 Å². The van der Waals surface area contributed by atoms with Crippen molar-refractivity contribution in [3.63, 3.8) is 0 Å². The fourth-order valence-electron chi connectivity index (χ4n) is 4.70. The van der Waals surface area contributed by atoms with Crippen molar-refractivity contribution in [1.82, 2.24) is 20.2 Å². The van der Waals surface area contributed by atoms with Crippen molar-refractivity contribution in [3.05, 3.63) is 34.6 Å². The second-order valence-corrected chi connectivity index (χ2v) is 12.5. The Hall–Kier alpha value is -4.10. The van der Waals surface area contributed by atoms with Crippen molar-refractivity contribution in [3.8, 4) is 0 Å². The van der Waals surface area contributed by atoms with Gasteiger partial charge in [0.25, 0.3) is 11.8 Å². The van der Waals surface area contributed by atoms with Gasteiger partial charge in [-0.3, -0.25) is 20.3 Å². The zero-order valence-corrected chi connectivity index (χ0v) is 24.2. The third-order valence-electron chi connectivity index (χ3n) is 6.85. The Morgan fingerprint density at radius 2 is 2.05 bits per heavy atom. The largest absolute Gasteiger partial charge is 0.543 e. The molecular weight excluding hydrogens is 611 g/mol. The molecule has 1 aliphatic carbocycles. The SMILES string of the molecule is Nc1cc[n+](N)c(SCC2=C(C(=O)[O-])N3C(=O)C(NC(=O)/C(=N\OC4(C(=O)O)CCCC4)c4csc(N)n4)[C@H]3SC2)n1. The van der Waals surface area contributed by atoms with Crippen LogP contribution >= 0.6 is 34.9 Å². The molecule has 42 heavy (non-hydrogen) atoms. The van der Waals surface area contributed by atoms with Gasteiger partial charge in [-0.25, -0.2) is 9.78 Å². The maximum absolute atomic E-state index is 13.4. The number of thioether (sulfide) groups is 2. The number of carboxylic acids is 2. The molecule has 2 atom stereocenters. The molecule has 0 bridgehead atoms. The number of aliphatic carboxylic acids is 2. The number of nitrogens with one attached hydrogen (secondary N) is 1. The van der Waals surface area contributed by atoms with Crippen molar-refractivity contribution in [1.29, 1.82) is 0 Å². The number of β-lactam (4-membered cyclic amide) rings is 1. The number of aromatic nitrogens is 3. The second kappa shape index (κ2) is 11.6. The summed E-state index contributed by atoms with van der Waals surface area (Å²) in [6.45, 7) is 0. The molecule has 2 fully saturated rings. The van der Waals surface area contributed by atoms with Crippen molar-refractivity contribution in [2.24, 2.45) is 5.16 Å². The van der Waals surface area contributed by atoms with E-state index >= 15 is 0 Å². The summed E-state index contributed by atoms with van der Waals surface area (Å²) in [5, 5.41) is 29.5. The van der Waals surface area contributed by atoms with Gasteiger partial charge in [-0.15, -0.1) is 27.8 Å². The second-order valence-electron chi connectivity index (χ2n) is 9.54. The number of carbonyl (C=O) groups is 4. The number of oxime groups is 1. The van der Waals surface area contributed by atoms with Gasteiger partial charge < -0.3 is 36.6 Å². The molecule has 1 unspecified atom stereocenters. The first-order valence-electron chi connectivity index (χ1n) is 12.5. The van der Waals surface area contributed by atoms with Gasteiger partial charge in [-0.1, -0.05) is 5.16 Å². The molecule has 5 rings (SSSR count). The molecule has 2 aromatic rings. The van der Waals surface area contributed by atoms with E-state index in [2.05, 4.69) is 20.4 Å². The number of rotatable bonds is 10. The van der Waals surface area contributed by atoms with Gasteiger partial charge in [0.05, 0.1) is 11.7 Å². The van der Waals surface area contributed by atoms with Crippen molar-refractivity contribution >= 4 is 75.3 Å². The minimum Gasteiger partial charge on any atom is -0.543 e. The number of hydrogen-bond acceptors (Lipinski definition) is 15. The third kappa shape index (κ3) is 5.53. The van der Waals surface area contributed by atoms with Crippen LogP contribution in [0.2, 0.25) is 0 Å². The quantitative estimate of drug-likeness (QED) is 0.0361. The van der Waals surface area contributed by atoms with E-state index in [1.54, 1.807) is 0 Å². The van der Waals surface area contributed by atoms with E-state index in [1.807, 2.05) is 0 Å². The molecule has 0 radical (unpaired) electrons. The van der Waals surface area contributed by atoms with Crippen LogP contribution in [0.3, 0.4) is 0 Å². The highest BCUT2D eigenvalue weighted by Crippen LogP contribution is 2.41. The van der Waals surface area contributed by atoms with Crippen LogP contribution in [-0.2, 0) is 24.0 Å². The van der Waals surface area contributed by atoms with E-state index in [0.717, 1.165) is 28.0 Å². The normalized spacial score (nSPS) is 21.5. The minimum atomic E-state index is -1.58. The van der Waals surface area contributed by atoms with Gasteiger partial charge in [0.1, 0.15) is 23.3 Å². The fraction of sp³-hybridized carbons (Fsp3) is 0.391. The summed E-state index contributed by atoms with van der Waals surface area (Å²) in [4.78, 5) is 65.2. The topological polar surface area (TPSA) is 256 Å². The molecule has 3 aliphatic rings. The van der Waals surface area contributed by atoms with Crippen LogP contribution in [0.15, 0.2) is 39.2 Å². The number of thiazole rings is 1. The van der Waals surface area contributed by atoms with Crippen LogP contribution < -0.4 is 32.4 Å². The highest BCUT2D eigenvalue weighted by atomic mass is 32.2. The molecule has 16 nitrogen and oxygen atoms in total. The lowest BCUT2D eigenvalue weighted by molar-refractivity contribution is -0.682. The molecule has 1 saturated carbocycles. The summed E-state index contributed by atoms with van der Waals surface area (Å²) in [5.41, 5.74) is 9.65. The predicted octanol–water partition coefficient (Wildman–Crippen LogP) is -1.98. The average molecular weight is 636 g/mol. The van der Waals surface area contributed by atoms with Gasteiger partial charge in [-0.05, 0) is 35.2 Å². The molecule has 2 aliphatic heterocycles. The summed E-state index contributed by atoms with van der Waals surface area (Å²) >= 11 is 3.42. The number of carboxylic acid groups (broad SMARTS) is 2. The number of fused-ring (bicyclic) bond motifs is 1. The number of amides is 2. The first kappa shape index (κ1) is 29.4. The van der Waals surface area contributed by atoms with Crippen LogP contribution in [0.5, 0.6) is 0 Å². The maximum atomic E-state index is 13.4. The molecule has 19 heteroatoms. The number of hydrogen-bond donors (Lipinski definition) is 5. The van der Waals surface area contributed by atoms with Gasteiger partial charge >= 0.3 is 11.1 Å². The lowest BCUT2D eigenvalue weighted by Crippen LogP contribution is -2.71. The molecule has 2 amide bonds. The van der Waals surface area contributed by atoms with E-state index in [-0.39, 0.29) is 52.4 Å². The van der Waals surface area contributed by atoms with E-state index in [1.165, 1.54) is 34.1 Å². The third-order valence-corrected chi connectivity index (χ3v) is 9.91. The zero-order chi connectivity index (χ0) is 30.2. The van der Waals surface area contributed by atoms with E-state index in [9.17, 15) is 29.4 Å². The van der Waals surface area contributed by atoms with Crippen molar-refractivity contribution < 1.29 is 38.9 Å².